The third-order valence-electron chi connectivity index (χ3n) is 4.03. The minimum Gasteiger partial charge on any atom is -0.459 e. The lowest BCUT2D eigenvalue weighted by atomic mass is 10.1. The molecule has 3 aromatic rings. The van der Waals surface area contributed by atoms with Crippen molar-refractivity contribution in [1.29, 1.82) is 0 Å². The Morgan fingerprint density at radius 3 is 2.74 bits per heavy atom. The van der Waals surface area contributed by atoms with Crippen molar-refractivity contribution in [3.8, 4) is 11.3 Å². The summed E-state index contributed by atoms with van der Waals surface area (Å²) in [6.07, 6.45) is 1.60. The van der Waals surface area contributed by atoms with E-state index >= 15 is 0 Å². The Morgan fingerprint density at radius 1 is 1.09 bits per heavy atom. The molecule has 0 spiro atoms. The molecule has 1 saturated heterocycles. The number of ether oxygens (including phenoxy) is 1. The van der Waals surface area contributed by atoms with Crippen LogP contribution in [-0.2, 0) is 11.3 Å². The largest absolute Gasteiger partial charge is 0.459 e. The van der Waals surface area contributed by atoms with Crippen LogP contribution in [0.25, 0.3) is 22.2 Å². The Balaban J connectivity index is 1.79. The number of rotatable bonds is 3. The molecule has 0 saturated carbocycles. The lowest BCUT2D eigenvalue weighted by molar-refractivity contribution is 0.122. The van der Waals surface area contributed by atoms with Crippen LogP contribution < -0.4 is 4.90 Å². The van der Waals surface area contributed by atoms with Gasteiger partial charge in [0, 0.05) is 24.0 Å². The first-order valence-corrected chi connectivity index (χ1v) is 7.62. The molecular weight excluding hydrogens is 294 g/mol. The number of aliphatic hydroxyl groups excluding tert-OH is 1. The topological polar surface area (TPSA) is 71.6 Å². The first-order valence-electron chi connectivity index (χ1n) is 7.62. The standard InChI is InChI=1S/C17H17N3O3/c21-10-13-2-4-16(23-13)12-1-3-15-14(9-12)17(19-11-18-15)20-5-7-22-8-6-20/h1-4,9,11,21H,5-8,10H2. The van der Waals surface area contributed by atoms with E-state index in [0.717, 1.165) is 41.1 Å². The molecule has 118 valence electrons. The highest BCUT2D eigenvalue weighted by Crippen LogP contribution is 2.30. The average Bonchev–Trinajstić information content (AvgIpc) is 3.11. The molecule has 23 heavy (non-hydrogen) atoms. The van der Waals surface area contributed by atoms with Crippen molar-refractivity contribution in [2.75, 3.05) is 31.2 Å². The molecule has 0 radical (unpaired) electrons. The van der Waals surface area contributed by atoms with E-state index in [9.17, 15) is 0 Å². The van der Waals surface area contributed by atoms with Crippen LogP contribution in [0, 0.1) is 0 Å². The fraction of sp³-hybridized carbons (Fsp3) is 0.294. The number of furan rings is 1. The Morgan fingerprint density at radius 2 is 1.96 bits per heavy atom. The molecule has 4 rings (SSSR count). The van der Waals surface area contributed by atoms with Crippen LogP contribution in [0.2, 0.25) is 0 Å². The van der Waals surface area contributed by atoms with Crippen LogP contribution in [0.5, 0.6) is 0 Å². The summed E-state index contributed by atoms with van der Waals surface area (Å²) < 4.78 is 11.0. The number of aromatic nitrogens is 2. The van der Waals surface area contributed by atoms with Gasteiger partial charge in [-0.3, -0.25) is 0 Å². The van der Waals surface area contributed by atoms with Gasteiger partial charge in [-0.1, -0.05) is 0 Å². The Bertz CT molecular complexity index is 825. The van der Waals surface area contributed by atoms with Gasteiger partial charge < -0.3 is 19.2 Å². The quantitative estimate of drug-likeness (QED) is 0.799. The van der Waals surface area contributed by atoms with Crippen LogP contribution in [-0.4, -0.2) is 41.4 Å². The van der Waals surface area contributed by atoms with Gasteiger partial charge in [0.05, 0.1) is 18.7 Å². The van der Waals surface area contributed by atoms with Crippen LogP contribution in [0.15, 0.2) is 41.1 Å². The third-order valence-corrected chi connectivity index (χ3v) is 4.03. The molecule has 6 nitrogen and oxygen atoms in total. The number of anilines is 1. The van der Waals surface area contributed by atoms with E-state index in [2.05, 4.69) is 14.9 Å². The van der Waals surface area contributed by atoms with E-state index in [1.807, 2.05) is 24.3 Å². The zero-order valence-corrected chi connectivity index (χ0v) is 12.6. The molecule has 1 fully saturated rings. The monoisotopic (exact) mass is 311 g/mol. The molecule has 0 amide bonds. The highest BCUT2D eigenvalue weighted by Gasteiger charge is 2.16. The van der Waals surface area contributed by atoms with Crippen LogP contribution in [0.1, 0.15) is 5.76 Å². The summed E-state index contributed by atoms with van der Waals surface area (Å²) >= 11 is 0. The van der Waals surface area contributed by atoms with E-state index < -0.39 is 0 Å². The minimum absolute atomic E-state index is 0.101. The molecule has 0 bridgehead atoms. The first kappa shape index (κ1) is 14.2. The zero-order chi connectivity index (χ0) is 15.6. The Labute approximate surface area is 133 Å². The molecule has 6 heteroatoms. The van der Waals surface area contributed by atoms with Crippen molar-refractivity contribution in [1.82, 2.24) is 9.97 Å². The van der Waals surface area contributed by atoms with Crippen molar-refractivity contribution in [3.63, 3.8) is 0 Å². The summed E-state index contributed by atoms with van der Waals surface area (Å²) in [5.74, 6) is 2.21. The fourth-order valence-electron chi connectivity index (χ4n) is 2.84. The smallest absolute Gasteiger partial charge is 0.140 e. The molecule has 0 unspecified atom stereocenters. The van der Waals surface area contributed by atoms with E-state index in [1.165, 1.54) is 0 Å². The van der Waals surface area contributed by atoms with E-state index in [0.29, 0.717) is 19.0 Å². The van der Waals surface area contributed by atoms with E-state index in [-0.39, 0.29) is 6.61 Å². The molecule has 0 aliphatic carbocycles. The summed E-state index contributed by atoms with van der Waals surface area (Å²) in [4.78, 5) is 11.0. The molecule has 2 aromatic heterocycles. The second kappa shape index (κ2) is 5.98. The number of hydrogen-bond donors (Lipinski definition) is 1. The normalized spacial score (nSPS) is 15.3. The summed E-state index contributed by atoms with van der Waals surface area (Å²) in [5, 5.41) is 10.1. The second-order valence-corrected chi connectivity index (χ2v) is 5.45. The lowest BCUT2D eigenvalue weighted by Crippen LogP contribution is -2.36. The highest BCUT2D eigenvalue weighted by atomic mass is 16.5. The van der Waals surface area contributed by atoms with Crippen molar-refractivity contribution in [3.05, 3.63) is 42.4 Å². The van der Waals surface area contributed by atoms with Crippen molar-refractivity contribution in [2.24, 2.45) is 0 Å². The summed E-state index contributed by atoms with van der Waals surface area (Å²) in [6, 6.07) is 9.63. The van der Waals surface area contributed by atoms with Crippen molar-refractivity contribution >= 4 is 16.7 Å². The van der Waals surface area contributed by atoms with Gasteiger partial charge in [0.2, 0.25) is 0 Å². The summed E-state index contributed by atoms with van der Waals surface area (Å²) in [7, 11) is 0. The van der Waals surface area contributed by atoms with Gasteiger partial charge in [0.25, 0.3) is 0 Å². The average molecular weight is 311 g/mol. The van der Waals surface area contributed by atoms with Crippen LogP contribution in [0.3, 0.4) is 0 Å². The molecule has 1 N–H and O–H groups in total. The molecule has 3 heterocycles. The van der Waals surface area contributed by atoms with Gasteiger partial charge >= 0.3 is 0 Å². The Kier molecular flexibility index (Phi) is 3.69. The maximum atomic E-state index is 9.15. The van der Waals surface area contributed by atoms with Gasteiger partial charge in [-0.05, 0) is 30.3 Å². The first-order chi connectivity index (χ1) is 11.3. The predicted octanol–water partition coefficient (Wildman–Crippen LogP) is 2.22. The van der Waals surface area contributed by atoms with Crippen molar-refractivity contribution in [2.45, 2.75) is 6.61 Å². The predicted molar refractivity (Wildman–Crippen MR) is 86.2 cm³/mol. The number of aliphatic hydroxyl groups is 1. The maximum absolute atomic E-state index is 9.15. The third kappa shape index (κ3) is 2.67. The summed E-state index contributed by atoms with van der Waals surface area (Å²) in [5.41, 5.74) is 1.85. The molecule has 1 aromatic carbocycles. The minimum atomic E-state index is -0.101. The lowest BCUT2D eigenvalue weighted by Gasteiger charge is -2.28. The zero-order valence-electron chi connectivity index (χ0n) is 12.6. The van der Waals surface area contributed by atoms with Crippen LogP contribution in [0.4, 0.5) is 5.82 Å². The molecule has 1 aliphatic rings. The van der Waals surface area contributed by atoms with Gasteiger partial charge in [-0.15, -0.1) is 0 Å². The van der Waals surface area contributed by atoms with Crippen LogP contribution >= 0.6 is 0 Å². The highest BCUT2D eigenvalue weighted by molar-refractivity contribution is 5.92. The van der Waals surface area contributed by atoms with Gasteiger partial charge in [-0.2, -0.15) is 0 Å². The SMILES string of the molecule is OCc1ccc(-c2ccc3ncnc(N4CCOCC4)c3c2)o1. The van der Waals surface area contributed by atoms with E-state index in [4.69, 9.17) is 14.3 Å². The number of fused-ring (bicyclic) bond motifs is 1. The number of nitrogens with zero attached hydrogens (tertiary/aromatic N) is 3. The number of benzene rings is 1. The summed E-state index contributed by atoms with van der Waals surface area (Å²) in [6.45, 7) is 2.97. The molecule has 0 atom stereocenters. The van der Waals surface area contributed by atoms with Gasteiger partial charge in [-0.25, -0.2) is 9.97 Å². The molecular formula is C17H17N3O3. The Hall–Kier alpha value is -2.44. The molecule has 1 aliphatic heterocycles. The van der Waals surface area contributed by atoms with E-state index in [1.54, 1.807) is 12.4 Å². The van der Waals surface area contributed by atoms with Gasteiger partial charge in [0.15, 0.2) is 0 Å². The number of morpholine rings is 1. The van der Waals surface area contributed by atoms with Gasteiger partial charge in [0.1, 0.15) is 30.3 Å². The number of hydrogen-bond acceptors (Lipinski definition) is 6. The fourth-order valence-corrected chi connectivity index (χ4v) is 2.84. The second-order valence-electron chi connectivity index (χ2n) is 5.45. The van der Waals surface area contributed by atoms with Crippen molar-refractivity contribution < 1.29 is 14.3 Å². The maximum Gasteiger partial charge on any atom is 0.140 e.